The van der Waals surface area contributed by atoms with Crippen LogP contribution in [0.5, 0.6) is 0 Å². The van der Waals surface area contributed by atoms with E-state index in [1.165, 1.54) is 0 Å². The third kappa shape index (κ3) is 3.26. The second-order valence-corrected chi connectivity index (χ2v) is 6.45. The molecule has 29 heavy (non-hydrogen) atoms. The van der Waals surface area contributed by atoms with Gasteiger partial charge in [-0.2, -0.15) is 78.7 Å². The van der Waals surface area contributed by atoms with Crippen LogP contribution in [-0.2, 0) is 10.1 Å². The number of halogens is 17. The molecule has 1 atom stereocenters. The van der Waals surface area contributed by atoms with Crippen molar-refractivity contribution in [3.63, 3.8) is 0 Å². The summed E-state index contributed by atoms with van der Waals surface area (Å²) in [4.78, 5) is 0. The average Bonchev–Trinajstić information content (AvgIpc) is 2.41. The van der Waals surface area contributed by atoms with Crippen LogP contribution in [0, 0.1) is 0 Å². The molecule has 0 spiro atoms. The summed E-state index contributed by atoms with van der Waals surface area (Å²) >= 11 is 0. The van der Waals surface area contributed by atoms with Crippen LogP contribution in [0.3, 0.4) is 0 Å². The normalized spacial score (nSPS) is 18.6. The lowest BCUT2D eigenvalue weighted by atomic mass is 9.92. The summed E-state index contributed by atoms with van der Waals surface area (Å²) in [7, 11) is -8.74. The van der Waals surface area contributed by atoms with Crippen molar-refractivity contribution in [2.75, 3.05) is 0 Å². The summed E-state index contributed by atoms with van der Waals surface area (Å²) in [5.41, 5.74) is 0. The Balaban J connectivity index is 7.40. The second-order valence-electron chi connectivity index (χ2n) is 4.94. The standard InChI is InChI=1S/C8HF17O3S/c9-1(10,4(15,16)7(20,21)22)2(11,12)6(19,29(26,27)28)3(13,14)5(17,18)8(23,24)25/h(H,26,27,28). The van der Waals surface area contributed by atoms with E-state index >= 15 is 0 Å². The molecule has 3 nitrogen and oxygen atoms in total. The quantitative estimate of drug-likeness (QED) is 0.420. The lowest BCUT2D eigenvalue weighted by molar-refractivity contribution is -0.434. The molecule has 0 aromatic rings. The molecular formula is C8HF17O3S. The summed E-state index contributed by atoms with van der Waals surface area (Å²) in [6.45, 7) is 0. The molecule has 0 radical (unpaired) electrons. The van der Waals surface area contributed by atoms with E-state index in [4.69, 9.17) is 4.55 Å². The first kappa shape index (κ1) is 27.7. The molecule has 0 amide bonds. The van der Waals surface area contributed by atoms with Gasteiger partial charge in [-0.25, -0.2) is 4.39 Å². The highest BCUT2D eigenvalue weighted by Gasteiger charge is 2.98. The second kappa shape index (κ2) is 6.36. The SMILES string of the molecule is O=S(=O)(O)C(F)(C(F)(F)C(F)(F)C(F)(F)F)C(F)(F)C(F)(F)C(F)(F)C(F)(F)F. The Bertz CT molecular complexity index is 731. The van der Waals surface area contributed by atoms with Crippen molar-refractivity contribution in [3.05, 3.63) is 0 Å². The van der Waals surface area contributed by atoms with Crippen LogP contribution in [-0.4, -0.2) is 59.9 Å². The van der Waals surface area contributed by atoms with Gasteiger partial charge in [0.15, 0.2) is 0 Å². The van der Waals surface area contributed by atoms with Crippen LogP contribution in [0.2, 0.25) is 0 Å². The number of alkyl halides is 17. The van der Waals surface area contributed by atoms with Gasteiger partial charge < -0.3 is 0 Å². The average molecular weight is 500 g/mol. The van der Waals surface area contributed by atoms with Gasteiger partial charge in [0, 0.05) is 0 Å². The Hall–Kier alpha value is -1.28. The monoisotopic (exact) mass is 500 g/mol. The zero-order chi connectivity index (χ0) is 24.5. The molecule has 0 bridgehead atoms. The van der Waals surface area contributed by atoms with Gasteiger partial charge in [-0.05, 0) is 0 Å². The van der Waals surface area contributed by atoms with E-state index in [0.29, 0.717) is 0 Å². The molecule has 21 heteroatoms. The first-order chi connectivity index (χ1) is 12.0. The molecule has 0 rings (SSSR count). The van der Waals surface area contributed by atoms with Crippen molar-refractivity contribution >= 4 is 10.1 Å². The fraction of sp³-hybridized carbons (Fsp3) is 1.00. The van der Waals surface area contributed by atoms with E-state index in [2.05, 4.69) is 0 Å². The van der Waals surface area contributed by atoms with E-state index in [0.717, 1.165) is 0 Å². The maximum atomic E-state index is 13.8. The van der Waals surface area contributed by atoms with Crippen molar-refractivity contribution in [1.82, 2.24) is 0 Å². The molecule has 0 aliphatic rings. The highest BCUT2D eigenvalue weighted by Crippen LogP contribution is 2.64. The van der Waals surface area contributed by atoms with E-state index in [-0.39, 0.29) is 0 Å². The Morgan fingerprint density at radius 2 is 0.621 bits per heavy atom. The van der Waals surface area contributed by atoms with E-state index < -0.39 is 57.1 Å². The van der Waals surface area contributed by atoms with Crippen LogP contribution >= 0.6 is 0 Å². The zero-order valence-electron chi connectivity index (χ0n) is 12.1. The highest BCUT2D eigenvalue weighted by atomic mass is 32.2. The predicted molar refractivity (Wildman–Crippen MR) is 52.2 cm³/mol. The smallest absolute Gasteiger partial charge is 0.283 e. The number of hydrogen-bond donors (Lipinski definition) is 1. The largest absolute Gasteiger partial charge is 0.460 e. The van der Waals surface area contributed by atoms with Crippen molar-refractivity contribution < 1.29 is 87.6 Å². The van der Waals surface area contributed by atoms with Gasteiger partial charge in [0.2, 0.25) is 0 Å². The van der Waals surface area contributed by atoms with Crippen LogP contribution < -0.4 is 0 Å². The van der Waals surface area contributed by atoms with Gasteiger partial charge in [-0.3, -0.25) is 4.55 Å². The van der Waals surface area contributed by atoms with Crippen LogP contribution in [0.1, 0.15) is 0 Å². The van der Waals surface area contributed by atoms with E-state index in [9.17, 15) is 83.1 Å². The molecule has 1 unspecified atom stereocenters. The number of hydrogen-bond acceptors (Lipinski definition) is 2. The maximum absolute atomic E-state index is 13.8. The molecule has 1 N–H and O–H groups in total. The first-order valence-corrected chi connectivity index (χ1v) is 7.12. The van der Waals surface area contributed by atoms with E-state index in [1.54, 1.807) is 0 Å². The van der Waals surface area contributed by atoms with Gasteiger partial charge >= 0.3 is 57.1 Å². The van der Waals surface area contributed by atoms with Crippen molar-refractivity contribution in [1.29, 1.82) is 0 Å². The molecule has 0 aliphatic heterocycles. The first-order valence-electron chi connectivity index (χ1n) is 5.68. The Kier molecular flexibility index (Phi) is 6.08. The Morgan fingerprint density at radius 1 is 0.414 bits per heavy atom. The molecule has 0 saturated heterocycles. The summed E-state index contributed by atoms with van der Waals surface area (Å²) in [6.07, 6.45) is -15.9. The fourth-order valence-electron chi connectivity index (χ4n) is 1.48. The summed E-state index contributed by atoms with van der Waals surface area (Å²) in [5.74, 6) is -43.3. The topological polar surface area (TPSA) is 54.4 Å². The van der Waals surface area contributed by atoms with Gasteiger partial charge in [0.05, 0.1) is 0 Å². The molecule has 0 aromatic carbocycles. The fourth-order valence-corrected chi connectivity index (χ4v) is 2.38. The third-order valence-electron chi connectivity index (χ3n) is 3.06. The maximum Gasteiger partial charge on any atom is 0.460 e. The third-order valence-corrected chi connectivity index (χ3v) is 4.28. The van der Waals surface area contributed by atoms with Crippen LogP contribution in [0.4, 0.5) is 74.6 Å². The zero-order valence-corrected chi connectivity index (χ0v) is 12.9. The molecule has 176 valence electrons. The lowest BCUT2D eigenvalue weighted by Gasteiger charge is -2.43. The minimum absolute atomic E-state index is 7.94. The summed E-state index contributed by atoms with van der Waals surface area (Å²) in [5, 5.41) is -8.76. The van der Waals surface area contributed by atoms with Crippen molar-refractivity contribution in [2.24, 2.45) is 0 Å². The molecule has 0 heterocycles. The highest BCUT2D eigenvalue weighted by molar-refractivity contribution is 7.87. The van der Waals surface area contributed by atoms with Crippen LogP contribution in [0.25, 0.3) is 0 Å². The van der Waals surface area contributed by atoms with Crippen molar-refractivity contribution in [2.45, 2.75) is 47.0 Å². The predicted octanol–water partition coefficient (Wildman–Crippen LogP) is 4.84. The lowest BCUT2D eigenvalue weighted by Crippen LogP contribution is -2.77. The molecular weight excluding hydrogens is 499 g/mol. The van der Waals surface area contributed by atoms with Gasteiger partial charge in [0.1, 0.15) is 0 Å². The molecule has 0 fully saturated rings. The molecule has 0 aromatic heterocycles. The van der Waals surface area contributed by atoms with Crippen molar-refractivity contribution in [3.8, 4) is 0 Å². The van der Waals surface area contributed by atoms with Gasteiger partial charge in [-0.1, -0.05) is 0 Å². The molecule has 0 saturated carbocycles. The van der Waals surface area contributed by atoms with Gasteiger partial charge in [0.25, 0.3) is 0 Å². The van der Waals surface area contributed by atoms with E-state index in [1.807, 2.05) is 0 Å². The minimum Gasteiger partial charge on any atom is -0.283 e. The van der Waals surface area contributed by atoms with Crippen LogP contribution in [0.15, 0.2) is 0 Å². The Morgan fingerprint density at radius 3 is 0.828 bits per heavy atom. The summed E-state index contributed by atoms with van der Waals surface area (Å²) < 4.78 is 244. The number of rotatable bonds is 6. The van der Waals surface area contributed by atoms with Gasteiger partial charge in [-0.15, -0.1) is 0 Å². The summed E-state index contributed by atoms with van der Waals surface area (Å²) in [6, 6.07) is 0. The Labute approximate surface area is 146 Å². The minimum atomic E-state index is -8.95. The molecule has 0 aliphatic carbocycles.